The number of carbonyl (C=O) groups is 1. The molecular formula is C10H18O6S. The van der Waals surface area contributed by atoms with Gasteiger partial charge in [-0.3, -0.25) is 0 Å². The summed E-state index contributed by atoms with van der Waals surface area (Å²) in [5.74, 6) is -1.07. The monoisotopic (exact) mass is 266 g/mol. The predicted molar refractivity (Wildman–Crippen MR) is 60.7 cm³/mol. The Kier molecular flexibility index (Phi) is 5.35. The zero-order valence-corrected chi connectivity index (χ0v) is 10.6. The number of hydrogen-bond donors (Lipinski definition) is 1. The summed E-state index contributed by atoms with van der Waals surface area (Å²) in [4.78, 5) is 10.6. The van der Waals surface area contributed by atoms with E-state index < -0.39 is 28.0 Å². The molecule has 1 saturated heterocycles. The van der Waals surface area contributed by atoms with Crippen molar-refractivity contribution in [3.63, 3.8) is 0 Å². The van der Waals surface area contributed by atoms with Crippen LogP contribution in [0.2, 0.25) is 0 Å². The molecule has 1 rings (SSSR count). The van der Waals surface area contributed by atoms with Gasteiger partial charge in [0.25, 0.3) is 0 Å². The van der Waals surface area contributed by atoms with Crippen LogP contribution in [0.4, 0.5) is 0 Å². The van der Waals surface area contributed by atoms with Gasteiger partial charge in [0.1, 0.15) is 0 Å². The Labute approximate surface area is 101 Å². The number of hydrogen-bond acceptors (Lipinski definition) is 5. The van der Waals surface area contributed by atoms with Crippen LogP contribution in [0.25, 0.3) is 0 Å². The molecule has 1 aliphatic rings. The van der Waals surface area contributed by atoms with Crippen molar-refractivity contribution >= 4 is 15.8 Å². The van der Waals surface area contributed by atoms with Gasteiger partial charge in [-0.05, 0) is 19.3 Å². The standard InChI is InChI=1S/C10H18O6S/c1-15-5-2-6-17(13,14)7-8-3-4-9(16-8)10(11)12/h8-9H,2-7H2,1H3,(H,11,12). The third kappa shape index (κ3) is 5.01. The predicted octanol–water partition coefficient (Wildman–Crippen LogP) is 0.0699. The molecule has 1 heterocycles. The summed E-state index contributed by atoms with van der Waals surface area (Å²) >= 11 is 0. The molecule has 0 amide bonds. The maximum Gasteiger partial charge on any atom is 0.332 e. The largest absolute Gasteiger partial charge is 0.479 e. The fourth-order valence-corrected chi connectivity index (χ4v) is 3.34. The van der Waals surface area contributed by atoms with Crippen LogP contribution < -0.4 is 0 Å². The number of aliphatic carboxylic acids is 1. The summed E-state index contributed by atoms with van der Waals surface area (Å²) in [6, 6.07) is 0. The molecule has 0 aromatic heterocycles. The van der Waals surface area contributed by atoms with E-state index in [2.05, 4.69) is 0 Å². The van der Waals surface area contributed by atoms with E-state index in [-0.39, 0.29) is 11.5 Å². The van der Waals surface area contributed by atoms with Crippen LogP contribution in [0.15, 0.2) is 0 Å². The van der Waals surface area contributed by atoms with E-state index in [0.29, 0.717) is 25.9 Å². The average Bonchev–Trinajstić information content (AvgIpc) is 2.65. The van der Waals surface area contributed by atoms with Crippen molar-refractivity contribution in [2.24, 2.45) is 0 Å². The fraction of sp³-hybridized carbons (Fsp3) is 0.900. The second-order valence-corrected chi connectivity index (χ2v) is 6.35. The number of ether oxygens (including phenoxy) is 2. The molecule has 0 aromatic carbocycles. The number of methoxy groups -OCH3 is 1. The first-order chi connectivity index (χ1) is 7.94. The first kappa shape index (κ1) is 14.4. The highest BCUT2D eigenvalue weighted by atomic mass is 32.2. The van der Waals surface area contributed by atoms with E-state index in [1.807, 2.05) is 0 Å². The summed E-state index contributed by atoms with van der Waals surface area (Å²) in [6.45, 7) is 0.405. The molecule has 0 bridgehead atoms. The van der Waals surface area contributed by atoms with Crippen molar-refractivity contribution < 1.29 is 27.8 Å². The van der Waals surface area contributed by atoms with Crippen molar-refractivity contribution in [2.75, 3.05) is 25.2 Å². The van der Waals surface area contributed by atoms with Gasteiger partial charge in [0.15, 0.2) is 15.9 Å². The summed E-state index contributed by atoms with van der Waals surface area (Å²) in [6.07, 6.45) is -0.0139. The third-order valence-corrected chi connectivity index (χ3v) is 4.42. The van der Waals surface area contributed by atoms with Crippen LogP contribution in [0.3, 0.4) is 0 Å². The molecule has 0 radical (unpaired) electrons. The Bertz CT molecular complexity index is 350. The second kappa shape index (κ2) is 6.32. The highest BCUT2D eigenvalue weighted by Crippen LogP contribution is 2.21. The van der Waals surface area contributed by atoms with Crippen molar-refractivity contribution in [1.82, 2.24) is 0 Å². The van der Waals surface area contributed by atoms with Gasteiger partial charge in [-0.2, -0.15) is 0 Å². The summed E-state index contributed by atoms with van der Waals surface area (Å²) in [5, 5.41) is 8.71. The molecule has 1 N–H and O–H groups in total. The fourth-order valence-electron chi connectivity index (χ4n) is 1.80. The highest BCUT2D eigenvalue weighted by molar-refractivity contribution is 7.91. The molecule has 0 aliphatic carbocycles. The third-order valence-electron chi connectivity index (χ3n) is 2.63. The van der Waals surface area contributed by atoms with Gasteiger partial charge in [-0.25, -0.2) is 13.2 Å². The summed E-state index contributed by atoms with van der Waals surface area (Å²) < 4.78 is 33.2. The summed E-state index contributed by atoms with van der Waals surface area (Å²) in [7, 11) is -1.67. The van der Waals surface area contributed by atoms with E-state index in [0.717, 1.165) is 0 Å². The Hall–Kier alpha value is -0.660. The van der Waals surface area contributed by atoms with Crippen LogP contribution in [-0.2, 0) is 24.1 Å². The number of rotatable bonds is 7. The van der Waals surface area contributed by atoms with Crippen molar-refractivity contribution in [2.45, 2.75) is 31.5 Å². The van der Waals surface area contributed by atoms with Gasteiger partial charge in [-0.15, -0.1) is 0 Å². The van der Waals surface area contributed by atoms with Crippen molar-refractivity contribution in [3.8, 4) is 0 Å². The maximum absolute atomic E-state index is 11.7. The SMILES string of the molecule is COCCCS(=O)(=O)CC1CCC(C(=O)O)O1. The first-order valence-electron chi connectivity index (χ1n) is 5.52. The molecule has 1 aliphatic heterocycles. The molecule has 100 valence electrons. The van der Waals surface area contributed by atoms with E-state index >= 15 is 0 Å². The quantitative estimate of drug-likeness (QED) is 0.656. The molecule has 2 atom stereocenters. The zero-order chi connectivity index (χ0) is 12.9. The minimum Gasteiger partial charge on any atom is -0.479 e. The average molecular weight is 266 g/mol. The molecule has 7 heteroatoms. The minimum absolute atomic E-state index is 0.0540. The molecule has 17 heavy (non-hydrogen) atoms. The van der Waals surface area contributed by atoms with E-state index in [1.165, 1.54) is 7.11 Å². The zero-order valence-electron chi connectivity index (χ0n) is 9.79. The number of carboxylic acid groups (broad SMARTS) is 1. The van der Waals surface area contributed by atoms with Gasteiger partial charge in [0, 0.05) is 13.7 Å². The lowest BCUT2D eigenvalue weighted by Crippen LogP contribution is -2.26. The van der Waals surface area contributed by atoms with Gasteiger partial charge < -0.3 is 14.6 Å². The molecule has 1 fully saturated rings. The minimum atomic E-state index is -3.18. The lowest BCUT2D eigenvalue weighted by Gasteiger charge is -2.11. The smallest absolute Gasteiger partial charge is 0.332 e. The van der Waals surface area contributed by atoms with Crippen LogP contribution in [0.1, 0.15) is 19.3 Å². The lowest BCUT2D eigenvalue weighted by molar-refractivity contribution is -0.148. The van der Waals surface area contributed by atoms with Crippen molar-refractivity contribution in [3.05, 3.63) is 0 Å². The molecule has 6 nitrogen and oxygen atoms in total. The van der Waals surface area contributed by atoms with Crippen LogP contribution >= 0.6 is 0 Å². The van der Waals surface area contributed by atoms with Crippen LogP contribution in [0.5, 0.6) is 0 Å². The van der Waals surface area contributed by atoms with Crippen LogP contribution in [0, 0.1) is 0 Å². The van der Waals surface area contributed by atoms with Gasteiger partial charge >= 0.3 is 5.97 Å². The van der Waals surface area contributed by atoms with Gasteiger partial charge in [0.2, 0.25) is 0 Å². The first-order valence-corrected chi connectivity index (χ1v) is 7.34. The highest BCUT2D eigenvalue weighted by Gasteiger charge is 2.33. The second-order valence-electron chi connectivity index (χ2n) is 4.12. The Morgan fingerprint density at radius 1 is 1.47 bits per heavy atom. The van der Waals surface area contributed by atoms with Gasteiger partial charge in [0.05, 0.1) is 17.6 Å². The molecule has 2 unspecified atom stereocenters. The Morgan fingerprint density at radius 3 is 2.71 bits per heavy atom. The molecule has 0 aromatic rings. The Balaban J connectivity index is 2.36. The number of sulfone groups is 1. The number of carboxylic acids is 1. The Morgan fingerprint density at radius 2 is 2.18 bits per heavy atom. The molecule has 0 spiro atoms. The topological polar surface area (TPSA) is 89.9 Å². The maximum atomic E-state index is 11.7. The normalized spacial score (nSPS) is 25.0. The summed E-state index contributed by atoms with van der Waals surface area (Å²) in [5.41, 5.74) is 0. The lowest BCUT2D eigenvalue weighted by atomic mass is 10.2. The van der Waals surface area contributed by atoms with Crippen LogP contribution in [-0.4, -0.2) is 56.9 Å². The van der Waals surface area contributed by atoms with Crippen molar-refractivity contribution in [1.29, 1.82) is 0 Å². The van der Waals surface area contributed by atoms with Gasteiger partial charge in [-0.1, -0.05) is 0 Å². The molecule has 0 saturated carbocycles. The molecular weight excluding hydrogens is 248 g/mol. The van der Waals surface area contributed by atoms with E-state index in [1.54, 1.807) is 0 Å². The van der Waals surface area contributed by atoms with E-state index in [4.69, 9.17) is 14.6 Å². The van der Waals surface area contributed by atoms with E-state index in [9.17, 15) is 13.2 Å².